The van der Waals surface area contributed by atoms with Crippen molar-refractivity contribution in [2.24, 2.45) is 0 Å². The standard InChI is InChI=1S/C15H20N2O3/c18-14(9-12-5-4-8-16-10-12)17(11-15(19)20)13-6-2-1-3-7-13/h4-5,8,10,13H,1-3,6-7,9,11H2,(H,19,20). The molecule has 0 aliphatic heterocycles. The van der Waals surface area contributed by atoms with E-state index in [1.54, 1.807) is 18.5 Å². The van der Waals surface area contributed by atoms with Crippen LogP contribution in [0.4, 0.5) is 0 Å². The average Bonchev–Trinajstić information content (AvgIpc) is 2.46. The summed E-state index contributed by atoms with van der Waals surface area (Å²) in [7, 11) is 0. The van der Waals surface area contributed by atoms with E-state index in [9.17, 15) is 9.59 Å². The van der Waals surface area contributed by atoms with E-state index in [2.05, 4.69) is 4.98 Å². The normalized spacial score (nSPS) is 15.8. The van der Waals surface area contributed by atoms with Gasteiger partial charge in [-0.1, -0.05) is 25.3 Å². The van der Waals surface area contributed by atoms with Gasteiger partial charge in [-0.15, -0.1) is 0 Å². The van der Waals surface area contributed by atoms with Crippen molar-refractivity contribution in [3.05, 3.63) is 30.1 Å². The highest BCUT2D eigenvalue weighted by molar-refractivity contribution is 5.83. The van der Waals surface area contributed by atoms with Crippen molar-refractivity contribution >= 4 is 11.9 Å². The molecule has 1 fully saturated rings. The van der Waals surface area contributed by atoms with Crippen LogP contribution in [0.15, 0.2) is 24.5 Å². The number of amides is 1. The van der Waals surface area contributed by atoms with Gasteiger partial charge in [0.25, 0.3) is 0 Å². The average molecular weight is 276 g/mol. The SMILES string of the molecule is O=C(O)CN(C(=O)Cc1cccnc1)C1CCCCC1. The predicted molar refractivity (Wildman–Crippen MR) is 74.2 cm³/mol. The van der Waals surface area contributed by atoms with Gasteiger partial charge in [-0.2, -0.15) is 0 Å². The minimum Gasteiger partial charge on any atom is -0.480 e. The number of carbonyl (C=O) groups is 2. The minimum absolute atomic E-state index is 0.0732. The molecule has 0 bridgehead atoms. The van der Waals surface area contributed by atoms with Crippen molar-refractivity contribution in [2.75, 3.05) is 6.54 Å². The van der Waals surface area contributed by atoms with Crippen molar-refractivity contribution in [2.45, 2.75) is 44.6 Å². The zero-order valence-electron chi connectivity index (χ0n) is 11.5. The van der Waals surface area contributed by atoms with E-state index in [0.29, 0.717) is 0 Å². The zero-order chi connectivity index (χ0) is 14.4. The first kappa shape index (κ1) is 14.5. The van der Waals surface area contributed by atoms with Gasteiger partial charge in [0.2, 0.25) is 5.91 Å². The van der Waals surface area contributed by atoms with Crippen LogP contribution in [0.5, 0.6) is 0 Å². The lowest BCUT2D eigenvalue weighted by Gasteiger charge is -2.33. The first-order valence-electron chi connectivity index (χ1n) is 7.07. The maximum Gasteiger partial charge on any atom is 0.323 e. The van der Waals surface area contributed by atoms with Crippen molar-refractivity contribution in [3.8, 4) is 0 Å². The van der Waals surface area contributed by atoms with Crippen LogP contribution in [0.2, 0.25) is 0 Å². The quantitative estimate of drug-likeness (QED) is 0.891. The van der Waals surface area contributed by atoms with Crippen LogP contribution in [-0.4, -0.2) is 39.5 Å². The second-order valence-corrected chi connectivity index (χ2v) is 5.25. The zero-order valence-corrected chi connectivity index (χ0v) is 11.5. The van der Waals surface area contributed by atoms with Crippen LogP contribution in [0.1, 0.15) is 37.7 Å². The molecule has 1 aromatic rings. The molecule has 1 saturated carbocycles. The van der Waals surface area contributed by atoms with E-state index >= 15 is 0 Å². The van der Waals surface area contributed by atoms with Crippen LogP contribution in [0.3, 0.4) is 0 Å². The fraction of sp³-hybridized carbons (Fsp3) is 0.533. The third kappa shape index (κ3) is 4.05. The van der Waals surface area contributed by atoms with Crippen molar-refractivity contribution in [1.29, 1.82) is 0 Å². The van der Waals surface area contributed by atoms with E-state index in [1.165, 1.54) is 11.3 Å². The highest BCUT2D eigenvalue weighted by Gasteiger charge is 2.27. The van der Waals surface area contributed by atoms with Gasteiger partial charge in [0.15, 0.2) is 0 Å². The number of carboxylic acid groups (broad SMARTS) is 1. The highest BCUT2D eigenvalue weighted by Crippen LogP contribution is 2.23. The highest BCUT2D eigenvalue weighted by atomic mass is 16.4. The summed E-state index contributed by atoms with van der Waals surface area (Å²) in [5.41, 5.74) is 0.823. The van der Waals surface area contributed by atoms with Crippen molar-refractivity contribution < 1.29 is 14.7 Å². The van der Waals surface area contributed by atoms with Gasteiger partial charge < -0.3 is 10.0 Å². The topological polar surface area (TPSA) is 70.5 Å². The summed E-state index contributed by atoms with van der Waals surface area (Å²) < 4.78 is 0. The molecular weight excluding hydrogens is 256 g/mol. The Hall–Kier alpha value is -1.91. The summed E-state index contributed by atoms with van der Waals surface area (Å²) in [6.07, 6.45) is 8.66. The molecule has 0 spiro atoms. The molecule has 0 atom stereocenters. The Labute approximate surface area is 118 Å². The molecule has 1 aromatic heterocycles. The van der Waals surface area contributed by atoms with E-state index in [0.717, 1.165) is 31.2 Å². The van der Waals surface area contributed by atoms with Gasteiger partial charge in [0, 0.05) is 18.4 Å². The minimum atomic E-state index is -0.949. The number of hydrogen-bond donors (Lipinski definition) is 1. The largest absolute Gasteiger partial charge is 0.480 e. The Morgan fingerprint density at radius 3 is 2.65 bits per heavy atom. The number of nitrogens with zero attached hydrogens (tertiary/aromatic N) is 2. The van der Waals surface area contributed by atoms with Crippen LogP contribution >= 0.6 is 0 Å². The molecule has 0 unspecified atom stereocenters. The number of hydrogen-bond acceptors (Lipinski definition) is 3. The summed E-state index contributed by atoms with van der Waals surface area (Å²) in [6, 6.07) is 3.69. The van der Waals surface area contributed by atoms with Gasteiger partial charge in [0.05, 0.1) is 6.42 Å². The van der Waals surface area contributed by atoms with Crippen LogP contribution in [0, 0.1) is 0 Å². The molecule has 1 aliphatic rings. The lowest BCUT2D eigenvalue weighted by molar-refractivity contribution is -0.146. The molecule has 0 radical (unpaired) electrons. The summed E-state index contributed by atoms with van der Waals surface area (Å²) in [5.74, 6) is -1.07. The van der Waals surface area contributed by atoms with E-state index < -0.39 is 5.97 Å². The van der Waals surface area contributed by atoms with E-state index in [1.807, 2.05) is 6.07 Å². The van der Waals surface area contributed by atoms with Gasteiger partial charge in [-0.3, -0.25) is 14.6 Å². The molecule has 0 saturated heterocycles. The molecule has 108 valence electrons. The molecule has 1 heterocycles. The Balaban J connectivity index is 2.05. The number of pyridine rings is 1. The lowest BCUT2D eigenvalue weighted by atomic mass is 9.93. The van der Waals surface area contributed by atoms with Crippen LogP contribution in [0.25, 0.3) is 0 Å². The Kier molecular flexibility index (Phi) is 5.09. The molecule has 5 nitrogen and oxygen atoms in total. The summed E-state index contributed by atoms with van der Waals surface area (Å²) in [4.78, 5) is 28.9. The second-order valence-electron chi connectivity index (χ2n) is 5.25. The summed E-state index contributed by atoms with van der Waals surface area (Å²) in [5, 5.41) is 9.02. The molecule has 1 amide bonds. The molecule has 0 aromatic carbocycles. The molecule has 20 heavy (non-hydrogen) atoms. The monoisotopic (exact) mass is 276 g/mol. The van der Waals surface area contributed by atoms with Gasteiger partial charge >= 0.3 is 5.97 Å². The molecule has 1 aliphatic carbocycles. The Morgan fingerprint density at radius 2 is 2.05 bits per heavy atom. The first-order chi connectivity index (χ1) is 9.66. The third-order valence-corrected chi connectivity index (χ3v) is 3.72. The molecule has 2 rings (SSSR count). The lowest BCUT2D eigenvalue weighted by Crippen LogP contribution is -2.45. The second kappa shape index (κ2) is 7.03. The van der Waals surface area contributed by atoms with Crippen molar-refractivity contribution in [1.82, 2.24) is 9.88 Å². The summed E-state index contributed by atoms with van der Waals surface area (Å²) in [6.45, 7) is -0.205. The number of carboxylic acids is 1. The van der Waals surface area contributed by atoms with Gasteiger partial charge in [-0.25, -0.2) is 0 Å². The maximum atomic E-state index is 12.4. The molecule has 1 N–H and O–H groups in total. The molecule has 5 heteroatoms. The number of carbonyl (C=O) groups excluding carboxylic acids is 1. The maximum absolute atomic E-state index is 12.4. The van der Waals surface area contributed by atoms with E-state index in [4.69, 9.17) is 5.11 Å². The smallest absolute Gasteiger partial charge is 0.323 e. The predicted octanol–water partition coefficient (Wildman–Crippen LogP) is 1.87. The fourth-order valence-corrected chi connectivity index (χ4v) is 2.74. The number of rotatable bonds is 5. The number of aliphatic carboxylic acids is 1. The Bertz CT molecular complexity index is 455. The van der Waals surface area contributed by atoms with Crippen LogP contribution < -0.4 is 0 Å². The van der Waals surface area contributed by atoms with Crippen molar-refractivity contribution in [3.63, 3.8) is 0 Å². The van der Waals surface area contributed by atoms with E-state index in [-0.39, 0.29) is 24.9 Å². The van der Waals surface area contributed by atoms with Crippen LogP contribution in [-0.2, 0) is 16.0 Å². The number of aromatic nitrogens is 1. The third-order valence-electron chi connectivity index (χ3n) is 3.72. The first-order valence-corrected chi connectivity index (χ1v) is 7.07. The fourth-order valence-electron chi connectivity index (χ4n) is 2.74. The van der Waals surface area contributed by atoms with Gasteiger partial charge in [-0.05, 0) is 24.5 Å². The Morgan fingerprint density at radius 1 is 1.30 bits per heavy atom. The van der Waals surface area contributed by atoms with Gasteiger partial charge in [0.1, 0.15) is 6.54 Å². The molecular formula is C15H20N2O3. The summed E-state index contributed by atoms with van der Waals surface area (Å²) >= 11 is 0.